The largest absolute Gasteiger partial charge is 0.352 e. The number of carbonyl (C=O) groups is 1. The lowest BCUT2D eigenvalue weighted by Gasteiger charge is -2.37. The fourth-order valence-corrected chi connectivity index (χ4v) is 3.77. The van der Waals surface area contributed by atoms with Crippen LogP contribution in [0.3, 0.4) is 0 Å². The molecule has 2 N–H and O–H groups in total. The average molecular weight is 315 g/mol. The van der Waals surface area contributed by atoms with Gasteiger partial charge < -0.3 is 10.6 Å². The van der Waals surface area contributed by atoms with E-state index in [4.69, 9.17) is 0 Å². The first-order chi connectivity index (χ1) is 11.2. The second kappa shape index (κ2) is 7.45. The first kappa shape index (κ1) is 16.5. The molecule has 1 amide bonds. The minimum Gasteiger partial charge on any atom is -0.352 e. The van der Waals surface area contributed by atoms with Crippen LogP contribution in [0.25, 0.3) is 0 Å². The molecule has 2 saturated heterocycles. The maximum Gasteiger partial charge on any atom is 0.227 e. The van der Waals surface area contributed by atoms with Crippen molar-refractivity contribution in [2.24, 2.45) is 5.41 Å². The quantitative estimate of drug-likeness (QED) is 0.895. The molecule has 2 aliphatic rings. The van der Waals surface area contributed by atoms with E-state index in [0.717, 1.165) is 58.4 Å². The van der Waals surface area contributed by atoms with Crippen LogP contribution >= 0.6 is 0 Å². The molecule has 0 saturated carbocycles. The van der Waals surface area contributed by atoms with E-state index < -0.39 is 0 Å². The zero-order valence-corrected chi connectivity index (χ0v) is 14.2. The monoisotopic (exact) mass is 315 g/mol. The normalized spacial score (nSPS) is 29.2. The molecule has 2 atom stereocenters. The Morgan fingerprint density at radius 3 is 2.91 bits per heavy atom. The van der Waals surface area contributed by atoms with Gasteiger partial charge in [0.25, 0.3) is 0 Å². The maximum atomic E-state index is 12.7. The first-order valence-electron chi connectivity index (χ1n) is 8.94. The average Bonchev–Trinajstić information content (AvgIpc) is 2.57. The third-order valence-electron chi connectivity index (χ3n) is 5.24. The lowest BCUT2D eigenvalue weighted by molar-refractivity contribution is -0.132. The topological polar surface area (TPSA) is 44.4 Å². The fourth-order valence-electron chi connectivity index (χ4n) is 3.77. The van der Waals surface area contributed by atoms with Gasteiger partial charge in [-0.25, -0.2) is 0 Å². The number of nitrogens with one attached hydrogen (secondary N) is 2. The zero-order chi connectivity index (χ0) is 16.1. The molecule has 23 heavy (non-hydrogen) atoms. The summed E-state index contributed by atoms with van der Waals surface area (Å²) >= 11 is 0. The van der Waals surface area contributed by atoms with Crippen molar-refractivity contribution in [3.63, 3.8) is 0 Å². The highest BCUT2D eigenvalue weighted by molar-refractivity contribution is 5.82. The SMILES string of the molecule is CC1(C(=O)NC2CCCN(Cc3ccccc3)C2)CCCNC1. The molecule has 2 heterocycles. The van der Waals surface area contributed by atoms with Crippen LogP contribution in [0, 0.1) is 5.41 Å². The second-order valence-electron chi connectivity index (χ2n) is 7.37. The van der Waals surface area contributed by atoms with Crippen LogP contribution in [0.5, 0.6) is 0 Å². The summed E-state index contributed by atoms with van der Waals surface area (Å²) in [5.41, 5.74) is 1.11. The summed E-state index contributed by atoms with van der Waals surface area (Å²) in [7, 11) is 0. The molecular weight excluding hydrogens is 286 g/mol. The van der Waals surface area contributed by atoms with E-state index in [1.807, 2.05) is 0 Å². The molecule has 2 unspecified atom stereocenters. The lowest BCUT2D eigenvalue weighted by atomic mass is 9.81. The highest BCUT2D eigenvalue weighted by atomic mass is 16.2. The minimum absolute atomic E-state index is 0.233. The second-order valence-corrected chi connectivity index (χ2v) is 7.37. The van der Waals surface area contributed by atoms with Gasteiger partial charge in [-0.05, 0) is 51.3 Å². The van der Waals surface area contributed by atoms with Crippen molar-refractivity contribution in [3.05, 3.63) is 35.9 Å². The van der Waals surface area contributed by atoms with Crippen LogP contribution in [-0.2, 0) is 11.3 Å². The molecule has 1 aromatic carbocycles. The molecular formula is C19H29N3O. The van der Waals surface area contributed by atoms with Gasteiger partial charge in [-0.2, -0.15) is 0 Å². The Labute approximate surface area is 139 Å². The Morgan fingerprint density at radius 2 is 2.17 bits per heavy atom. The van der Waals surface area contributed by atoms with Crippen LogP contribution in [-0.4, -0.2) is 43.0 Å². The number of amides is 1. The zero-order valence-electron chi connectivity index (χ0n) is 14.2. The van der Waals surface area contributed by atoms with Crippen LogP contribution < -0.4 is 10.6 Å². The molecule has 0 radical (unpaired) electrons. The van der Waals surface area contributed by atoms with E-state index in [-0.39, 0.29) is 11.3 Å². The summed E-state index contributed by atoms with van der Waals surface area (Å²) in [5, 5.41) is 6.69. The maximum absolute atomic E-state index is 12.7. The molecule has 0 bridgehead atoms. The lowest BCUT2D eigenvalue weighted by Crippen LogP contribution is -2.54. The highest BCUT2D eigenvalue weighted by Crippen LogP contribution is 2.26. The third kappa shape index (κ3) is 4.33. The van der Waals surface area contributed by atoms with Gasteiger partial charge in [-0.1, -0.05) is 30.3 Å². The Balaban J connectivity index is 1.53. The fraction of sp³-hybridized carbons (Fsp3) is 0.632. The molecule has 0 aliphatic carbocycles. The molecule has 0 aromatic heterocycles. The van der Waals surface area contributed by atoms with Crippen LogP contribution in [0.1, 0.15) is 38.2 Å². The molecule has 1 aromatic rings. The summed E-state index contributed by atoms with van der Waals surface area (Å²) in [6.45, 7) is 7.01. The molecule has 4 nitrogen and oxygen atoms in total. The van der Waals surface area contributed by atoms with Crippen LogP contribution in [0.4, 0.5) is 0 Å². The standard InChI is InChI=1S/C19H29N3O/c1-19(10-6-11-20-15-19)18(23)21-17-9-5-12-22(14-17)13-16-7-3-2-4-8-16/h2-4,7-8,17,20H,5-6,9-15H2,1H3,(H,21,23). The first-order valence-corrected chi connectivity index (χ1v) is 8.94. The van der Waals surface area contributed by atoms with Gasteiger partial charge in [0.15, 0.2) is 0 Å². The van der Waals surface area contributed by atoms with E-state index in [0.29, 0.717) is 6.04 Å². The van der Waals surface area contributed by atoms with Gasteiger partial charge in [0.05, 0.1) is 5.41 Å². The van der Waals surface area contributed by atoms with Crippen molar-refractivity contribution < 1.29 is 4.79 Å². The summed E-state index contributed by atoms with van der Waals surface area (Å²) in [6.07, 6.45) is 4.34. The summed E-state index contributed by atoms with van der Waals surface area (Å²) in [6, 6.07) is 10.9. The van der Waals surface area contributed by atoms with Gasteiger partial charge >= 0.3 is 0 Å². The van der Waals surface area contributed by atoms with E-state index in [9.17, 15) is 4.79 Å². The minimum atomic E-state index is -0.236. The molecule has 126 valence electrons. The number of likely N-dealkylation sites (tertiary alicyclic amines) is 1. The van der Waals surface area contributed by atoms with Gasteiger partial charge in [0.2, 0.25) is 5.91 Å². The van der Waals surface area contributed by atoms with Gasteiger partial charge in [-0.15, -0.1) is 0 Å². The summed E-state index contributed by atoms with van der Waals surface area (Å²) in [4.78, 5) is 15.1. The highest BCUT2D eigenvalue weighted by Gasteiger charge is 2.36. The molecule has 3 rings (SSSR count). The number of carbonyl (C=O) groups excluding carboxylic acids is 1. The van der Waals surface area contributed by atoms with E-state index in [2.05, 4.69) is 52.8 Å². The predicted molar refractivity (Wildman–Crippen MR) is 93.1 cm³/mol. The van der Waals surface area contributed by atoms with Crippen LogP contribution in [0.2, 0.25) is 0 Å². The Bertz CT molecular complexity index is 511. The number of hydrogen-bond acceptors (Lipinski definition) is 3. The number of benzene rings is 1. The Morgan fingerprint density at radius 1 is 1.35 bits per heavy atom. The van der Waals surface area contributed by atoms with E-state index >= 15 is 0 Å². The molecule has 2 aliphatic heterocycles. The van der Waals surface area contributed by atoms with Crippen molar-refractivity contribution >= 4 is 5.91 Å². The van der Waals surface area contributed by atoms with Gasteiger partial charge in [-0.3, -0.25) is 9.69 Å². The van der Waals surface area contributed by atoms with Crippen molar-refractivity contribution in [2.75, 3.05) is 26.2 Å². The van der Waals surface area contributed by atoms with Gasteiger partial charge in [0.1, 0.15) is 0 Å². The third-order valence-corrected chi connectivity index (χ3v) is 5.24. The van der Waals surface area contributed by atoms with Crippen molar-refractivity contribution in [3.8, 4) is 0 Å². The van der Waals surface area contributed by atoms with Crippen molar-refractivity contribution in [1.29, 1.82) is 0 Å². The number of hydrogen-bond donors (Lipinski definition) is 2. The van der Waals surface area contributed by atoms with E-state index in [1.165, 1.54) is 5.56 Å². The Hall–Kier alpha value is -1.39. The smallest absolute Gasteiger partial charge is 0.227 e. The number of rotatable bonds is 4. The Kier molecular flexibility index (Phi) is 5.34. The van der Waals surface area contributed by atoms with Crippen LogP contribution in [0.15, 0.2) is 30.3 Å². The molecule has 0 spiro atoms. The summed E-state index contributed by atoms with van der Waals surface area (Å²) in [5.74, 6) is 0.233. The van der Waals surface area contributed by atoms with E-state index in [1.54, 1.807) is 0 Å². The summed E-state index contributed by atoms with van der Waals surface area (Å²) < 4.78 is 0. The molecule has 2 fully saturated rings. The predicted octanol–water partition coefficient (Wildman–Crippen LogP) is 2.16. The molecule has 4 heteroatoms. The number of piperidine rings is 2. The van der Waals surface area contributed by atoms with Crippen molar-refractivity contribution in [1.82, 2.24) is 15.5 Å². The number of nitrogens with zero attached hydrogens (tertiary/aromatic N) is 1. The van der Waals surface area contributed by atoms with Crippen molar-refractivity contribution in [2.45, 2.75) is 45.2 Å². The van der Waals surface area contributed by atoms with Gasteiger partial charge in [0, 0.05) is 25.7 Å².